The Bertz CT molecular complexity index is 644. The van der Waals surface area contributed by atoms with Crippen molar-refractivity contribution in [1.82, 2.24) is 0 Å². The van der Waals surface area contributed by atoms with Gasteiger partial charge in [-0.3, -0.25) is 4.79 Å². The minimum Gasteiger partial charge on any atom is -0.295 e. The van der Waals surface area contributed by atoms with Crippen LogP contribution in [0.3, 0.4) is 0 Å². The molecule has 0 aromatic heterocycles. The van der Waals surface area contributed by atoms with Crippen LogP contribution >= 0.6 is 0 Å². The molecule has 0 amide bonds. The van der Waals surface area contributed by atoms with E-state index in [0.29, 0.717) is 16.9 Å². The molecule has 1 aromatic rings. The van der Waals surface area contributed by atoms with Gasteiger partial charge in [-0.25, -0.2) is 8.42 Å². The van der Waals surface area contributed by atoms with Crippen LogP contribution in [0.5, 0.6) is 0 Å². The molecule has 3 nitrogen and oxygen atoms in total. The van der Waals surface area contributed by atoms with Crippen LogP contribution < -0.4 is 0 Å². The van der Waals surface area contributed by atoms with E-state index in [1.807, 2.05) is 6.07 Å². The molecular weight excluding hydrogens is 296 g/mol. The molecular formula is C18H24O3S. The Hall–Kier alpha value is -1.42. The first-order valence-electron chi connectivity index (χ1n) is 7.96. The van der Waals surface area contributed by atoms with Crippen LogP contribution in [0.25, 0.3) is 0 Å². The maximum atomic E-state index is 13.0. The minimum atomic E-state index is -3.44. The smallest absolute Gasteiger partial charge is 0.185 e. The van der Waals surface area contributed by atoms with Crippen LogP contribution in [0.15, 0.2) is 46.9 Å². The van der Waals surface area contributed by atoms with Gasteiger partial charge in [0, 0.05) is 6.42 Å². The van der Waals surface area contributed by atoms with Crippen molar-refractivity contribution in [3.63, 3.8) is 0 Å². The highest BCUT2D eigenvalue weighted by atomic mass is 32.2. The zero-order valence-corrected chi connectivity index (χ0v) is 14.1. The van der Waals surface area contributed by atoms with E-state index < -0.39 is 15.1 Å². The summed E-state index contributed by atoms with van der Waals surface area (Å²) in [5, 5.41) is -0.565. The van der Waals surface area contributed by atoms with Gasteiger partial charge in [0.15, 0.2) is 15.6 Å². The second-order valence-corrected chi connectivity index (χ2v) is 8.16. The van der Waals surface area contributed by atoms with Crippen LogP contribution in [0, 0.1) is 5.92 Å². The molecule has 0 bridgehead atoms. The lowest BCUT2D eigenvalue weighted by atomic mass is 9.84. The first-order valence-corrected chi connectivity index (χ1v) is 9.51. The molecule has 0 unspecified atom stereocenters. The Kier molecular flexibility index (Phi) is 5.57. The molecule has 2 atom stereocenters. The lowest BCUT2D eigenvalue weighted by Gasteiger charge is -2.30. The molecule has 120 valence electrons. The summed E-state index contributed by atoms with van der Waals surface area (Å²) in [6.07, 6.45) is 5.79. The van der Waals surface area contributed by atoms with Gasteiger partial charge < -0.3 is 0 Å². The largest absolute Gasteiger partial charge is 0.295 e. The highest BCUT2D eigenvalue weighted by Crippen LogP contribution is 2.35. The fourth-order valence-electron chi connectivity index (χ4n) is 3.30. The molecule has 1 aliphatic carbocycles. The van der Waals surface area contributed by atoms with E-state index >= 15 is 0 Å². The van der Waals surface area contributed by atoms with Crippen molar-refractivity contribution in [1.29, 1.82) is 0 Å². The summed E-state index contributed by atoms with van der Waals surface area (Å²) in [7, 11) is -3.44. The fourth-order valence-corrected chi connectivity index (χ4v) is 5.42. The van der Waals surface area contributed by atoms with Crippen LogP contribution in [0.4, 0.5) is 0 Å². The molecule has 0 radical (unpaired) electrons. The standard InChI is InChI=1S/C18H24O3S/c1-3-4-6-9-15-13-16(19)12-14(2)18(15)22(20,21)17-10-7-5-8-11-17/h5,7-8,10-12,15,18H,3-4,6,9,13H2,1-2H3/t15-,18-/m1/s1. The SMILES string of the molecule is CCCCC[C@@H]1CC(=O)C=C(C)[C@H]1S(=O)(=O)c1ccccc1. The van der Waals surface area contributed by atoms with E-state index in [2.05, 4.69) is 6.92 Å². The van der Waals surface area contributed by atoms with E-state index in [0.717, 1.165) is 25.7 Å². The number of hydrogen-bond acceptors (Lipinski definition) is 3. The number of benzene rings is 1. The van der Waals surface area contributed by atoms with E-state index in [9.17, 15) is 13.2 Å². The summed E-state index contributed by atoms with van der Waals surface area (Å²) in [5.41, 5.74) is 0.682. The third kappa shape index (κ3) is 3.67. The van der Waals surface area contributed by atoms with Crippen LogP contribution in [0.2, 0.25) is 0 Å². The monoisotopic (exact) mass is 320 g/mol. The minimum absolute atomic E-state index is 0.0542. The zero-order chi connectivity index (χ0) is 16.2. The van der Waals surface area contributed by atoms with Gasteiger partial charge in [-0.2, -0.15) is 0 Å². The zero-order valence-electron chi connectivity index (χ0n) is 13.3. The van der Waals surface area contributed by atoms with Gasteiger partial charge in [0.2, 0.25) is 0 Å². The number of carbonyl (C=O) groups is 1. The normalized spacial score (nSPS) is 22.5. The van der Waals surface area contributed by atoms with Crippen LogP contribution in [-0.2, 0) is 14.6 Å². The number of unbranched alkanes of at least 4 members (excludes halogenated alkanes) is 2. The first kappa shape index (κ1) is 16.9. The number of sulfone groups is 1. The van der Waals surface area contributed by atoms with Crippen molar-refractivity contribution < 1.29 is 13.2 Å². The Morgan fingerprint density at radius 2 is 1.82 bits per heavy atom. The summed E-state index contributed by atoms with van der Waals surface area (Å²) < 4.78 is 26.0. The third-order valence-electron chi connectivity index (χ3n) is 4.31. The van der Waals surface area contributed by atoms with Crippen molar-refractivity contribution in [2.75, 3.05) is 0 Å². The Labute approximate surface area is 133 Å². The second kappa shape index (κ2) is 7.23. The van der Waals surface area contributed by atoms with Crippen molar-refractivity contribution in [2.45, 2.75) is 56.1 Å². The maximum Gasteiger partial charge on any atom is 0.185 e. The highest BCUT2D eigenvalue weighted by molar-refractivity contribution is 7.92. The number of carbonyl (C=O) groups excluding carboxylic acids is 1. The van der Waals surface area contributed by atoms with Gasteiger partial charge in [-0.05, 0) is 37.5 Å². The quantitative estimate of drug-likeness (QED) is 0.746. The van der Waals surface area contributed by atoms with Gasteiger partial charge in [-0.15, -0.1) is 0 Å². The average molecular weight is 320 g/mol. The number of ketones is 1. The maximum absolute atomic E-state index is 13.0. The Morgan fingerprint density at radius 3 is 2.45 bits per heavy atom. The number of allylic oxidation sites excluding steroid dienone is 1. The van der Waals surface area contributed by atoms with E-state index in [4.69, 9.17) is 0 Å². The van der Waals surface area contributed by atoms with Crippen molar-refractivity contribution in [2.24, 2.45) is 5.92 Å². The number of rotatable bonds is 6. The van der Waals surface area contributed by atoms with E-state index in [-0.39, 0.29) is 11.7 Å². The van der Waals surface area contributed by atoms with Gasteiger partial charge in [-0.1, -0.05) is 50.0 Å². The van der Waals surface area contributed by atoms with Gasteiger partial charge in [0.05, 0.1) is 10.1 Å². The van der Waals surface area contributed by atoms with E-state index in [1.165, 1.54) is 6.08 Å². The van der Waals surface area contributed by atoms with Gasteiger partial charge in [0.1, 0.15) is 0 Å². The van der Waals surface area contributed by atoms with Crippen molar-refractivity contribution in [3.8, 4) is 0 Å². The summed E-state index contributed by atoms with van der Waals surface area (Å²) in [6, 6.07) is 8.58. The molecule has 2 rings (SSSR count). The molecule has 0 fully saturated rings. The average Bonchev–Trinajstić information content (AvgIpc) is 2.47. The molecule has 0 N–H and O–H groups in total. The molecule has 22 heavy (non-hydrogen) atoms. The predicted octanol–water partition coefficient (Wildman–Crippen LogP) is 3.94. The molecule has 1 aliphatic rings. The second-order valence-electron chi connectivity index (χ2n) is 6.09. The molecule has 0 aliphatic heterocycles. The van der Waals surface area contributed by atoms with Gasteiger partial charge >= 0.3 is 0 Å². The summed E-state index contributed by atoms with van der Waals surface area (Å²) >= 11 is 0. The van der Waals surface area contributed by atoms with Crippen molar-refractivity contribution >= 4 is 15.6 Å². The third-order valence-corrected chi connectivity index (χ3v) is 6.67. The molecule has 0 saturated heterocycles. The highest BCUT2D eigenvalue weighted by Gasteiger charge is 2.39. The van der Waals surface area contributed by atoms with Crippen LogP contribution in [-0.4, -0.2) is 19.5 Å². The summed E-state index contributed by atoms with van der Waals surface area (Å²) in [6.45, 7) is 3.89. The summed E-state index contributed by atoms with van der Waals surface area (Å²) in [4.78, 5) is 12.2. The molecule has 4 heteroatoms. The lowest BCUT2D eigenvalue weighted by Crippen LogP contribution is -2.35. The number of hydrogen-bond donors (Lipinski definition) is 0. The van der Waals surface area contributed by atoms with Gasteiger partial charge in [0.25, 0.3) is 0 Å². The fraction of sp³-hybridized carbons (Fsp3) is 0.500. The van der Waals surface area contributed by atoms with Crippen LogP contribution in [0.1, 0.15) is 46.0 Å². The van der Waals surface area contributed by atoms with E-state index in [1.54, 1.807) is 31.2 Å². The summed E-state index contributed by atoms with van der Waals surface area (Å²) in [5.74, 6) is -0.0484. The molecule has 1 aromatic carbocycles. The molecule has 0 spiro atoms. The topological polar surface area (TPSA) is 51.2 Å². The Balaban J connectivity index is 2.34. The lowest BCUT2D eigenvalue weighted by molar-refractivity contribution is -0.115. The molecule has 0 saturated carbocycles. The predicted molar refractivity (Wildman–Crippen MR) is 88.4 cm³/mol. The molecule has 0 heterocycles. The Morgan fingerprint density at radius 1 is 1.14 bits per heavy atom. The first-order chi connectivity index (χ1) is 10.5. The van der Waals surface area contributed by atoms with Crippen molar-refractivity contribution in [3.05, 3.63) is 42.0 Å².